The van der Waals surface area contributed by atoms with Gasteiger partial charge in [0, 0.05) is 18.1 Å². The summed E-state index contributed by atoms with van der Waals surface area (Å²) in [6.45, 7) is 8.34. The van der Waals surface area contributed by atoms with Crippen molar-refractivity contribution in [3.8, 4) is 0 Å². The molecule has 7 heteroatoms. The third kappa shape index (κ3) is 8.10. The summed E-state index contributed by atoms with van der Waals surface area (Å²) in [5.41, 5.74) is 0.708. The summed E-state index contributed by atoms with van der Waals surface area (Å²) in [5, 5.41) is 0.593. The lowest BCUT2D eigenvalue weighted by Crippen LogP contribution is -2.30. The van der Waals surface area contributed by atoms with Crippen molar-refractivity contribution in [2.75, 3.05) is 39.4 Å². The number of nitrogens with zero attached hydrogens (tertiary/aromatic N) is 1. The first-order valence-electron chi connectivity index (χ1n) is 7.48. The summed E-state index contributed by atoms with van der Waals surface area (Å²) in [7, 11) is -3.34. The van der Waals surface area contributed by atoms with Crippen LogP contribution in [0.2, 0.25) is 5.02 Å². The number of sulfonamides is 1. The van der Waals surface area contributed by atoms with Crippen molar-refractivity contribution in [2.24, 2.45) is 0 Å². The van der Waals surface area contributed by atoms with E-state index in [0.29, 0.717) is 23.8 Å². The molecule has 22 heavy (non-hydrogen) atoms. The number of rotatable bonds is 11. The van der Waals surface area contributed by atoms with E-state index in [1.807, 2.05) is 0 Å². The van der Waals surface area contributed by atoms with Crippen LogP contribution in [0.5, 0.6) is 0 Å². The van der Waals surface area contributed by atoms with Crippen LogP contribution in [-0.4, -0.2) is 52.7 Å². The summed E-state index contributed by atoms with van der Waals surface area (Å²) >= 11 is 5.77. The Morgan fingerprint density at radius 2 is 1.77 bits per heavy atom. The monoisotopic (exact) mass is 348 g/mol. The molecule has 0 aromatic heterocycles. The van der Waals surface area contributed by atoms with Crippen LogP contribution in [-0.2, 0) is 20.5 Å². The molecule has 0 atom stereocenters. The lowest BCUT2D eigenvalue weighted by molar-refractivity contribution is 0.111. The van der Waals surface area contributed by atoms with Crippen LogP contribution >= 0.6 is 11.6 Å². The molecule has 1 rings (SSSR count). The lowest BCUT2D eigenvalue weighted by Gasteiger charge is -2.17. The fraction of sp³-hybridized carbons (Fsp3) is 0.600. The van der Waals surface area contributed by atoms with Gasteiger partial charge in [-0.2, -0.15) is 0 Å². The maximum atomic E-state index is 11.9. The van der Waals surface area contributed by atoms with Crippen LogP contribution in [0.3, 0.4) is 0 Å². The van der Waals surface area contributed by atoms with Crippen molar-refractivity contribution >= 4 is 21.6 Å². The van der Waals surface area contributed by atoms with Crippen LogP contribution in [0.15, 0.2) is 24.3 Å². The smallest absolute Gasteiger partial charge is 0.215 e. The zero-order chi connectivity index (χ0) is 16.4. The van der Waals surface area contributed by atoms with Crippen LogP contribution in [0.4, 0.5) is 0 Å². The Morgan fingerprint density at radius 3 is 2.36 bits per heavy atom. The second kappa shape index (κ2) is 10.2. The molecule has 5 nitrogen and oxygen atoms in total. The van der Waals surface area contributed by atoms with Gasteiger partial charge < -0.3 is 9.64 Å². The normalized spacial score (nSPS) is 12.0. The van der Waals surface area contributed by atoms with Gasteiger partial charge in [0.15, 0.2) is 0 Å². The van der Waals surface area contributed by atoms with Crippen molar-refractivity contribution in [3.63, 3.8) is 0 Å². The van der Waals surface area contributed by atoms with Gasteiger partial charge in [-0.25, -0.2) is 13.1 Å². The first-order valence-corrected chi connectivity index (χ1v) is 9.51. The van der Waals surface area contributed by atoms with Crippen LogP contribution in [0, 0.1) is 0 Å². The topological polar surface area (TPSA) is 58.6 Å². The maximum Gasteiger partial charge on any atom is 0.215 e. The number of benzene rings is 1. The summed E-state index contributed by atoms with van der Waals surface area (Å²) in [5.74, 6) is -0.0520. The van der Waals surface area contributed by atoms with Gasteiger partial charge in [-0.3, -0.25) is 0 Å². The Morgan fingerprint density at radius 1 is 1.14 bits per heavy atom. The largest absolute Gasteiger partial charge is 0.379 e. The Balaban J connectivity index is 2.21. The number of halogens is 1. The van der Waals surface area contributed by atoms with Crippen LogP contribution in [0.1, 0.15) is 19.4 Å². The predicted molar refractivity (Wildman–Crippen MR) is 90.7 cm³/mol. The second-order valence-electron chi connectivity index (χ2n) is 4.92. The molecule has 1 aromatic rings. The molecule has 0 saturated heterocycles. The lowest BCUT2D eigenvalue weighted by atomic mass is 10.2. The highest BCUT2D eigenvalue weighted by Crippen LogP contribution is 2.11. The van der Waals surface area contributed by atoms with E-state index in [0.717, 1.165) is 19.6 Å². The molecule has 0 heterocycles. The number of nitrogens with one attached hydrogen (secondary N) is 1. The molecular weight excluding hydrogens is 324 g/mol. The number of hydrogen-bond acceptors (Lipinski definition) is 4. The van der Waals surface area contributed by atoms with E-state index in [2.05, 4.69) is 23.5 Å². The Bertz CT molecular complexity index is 516. The molecule has 1 aromatic carbocycles. The Hall–Kier alpha value is -0.660. The molecule has 0 bridgehead atoms. The molecule has 0 radical (unpaired) electrons. The zero-order valence-electron chi connectivity index (χ0n) is 13.2. The molecule has 0 unspecified atom stereocenters. The number of likely N-dealkylation sites (N-methyl/N-ethyl adjacent to an activating group) is 1. The van der Waals surface area contributed by atoms with Gasteiger partial charge in [0.2, 0.25) is 10.0 Å². The Labute approximate surface area is 138 Å². The summed E-state index contributed by atoms with van der Waals surface area (Å²) < 4.78 is 31.8. The molecule has 0 fully saturated rings. The number of hydrogen-bond donors (Lipinski definition) is 1. The SMILES string of the molecule is CCN(CC)CCOCCNS(=O)(=O)Cc1ccc(Cl)cc1. The Kier molecular flexibility index (Phi) is 8.97. The van der Waals surface area contributed by atoms with E-state index in [4.69, 9.17) is 16.3 Å². The van der Waals surface area contributed by atoms with Crippen molar-refractivity contribution in [1.82, 2.24) is 9.62 Å². The van der Waals surface area contributed by atoms with Crippen LogP contribution < -0.4 is 4.72 Å². The van der Waals surface area contributed by atoms with Crippen molar-refractivity contribution in [2.45, 2.75) is 19.6 Å². The highest BCUT2D eigenvalue weighted by molar-refractivity contribution is 7.88. The van der Waals surface area contributed by atoms with E-state index < -0.39 is 10.0 Å². The minimum Gasteiger partial charge on any atom is -0.379 e. The third-order valence-corrected chi connectivity index (χ3v) is 4.89. The molecule has 126 valence electrons. The van der Waals surface area contributed by atoms with Crippen molar-refractivity contribution in [3.05, 3.63) is 34.9 Å². The van der Waals surface area contributed by atoms with E-state index in [9.17, 15) is 8.42 Å². The van der Waals surface area contributed by atoms with Crippen molar-refractivity contribution < 1.29 is 13.2 Å². The van der Waals surface area contributed by atoms with Gasteiger partial charge in [-0.15, -0.1) is 0 Å². The molecule has 0 spiro atoms. The van der Waals surface area contributed by atoms with Gasteiger partial charge in [0.25, 0.3) is 0 Å². The number of ether oxygens (including phenoxy) is 1. The van der Waals surface area contributed by atoms with Gasteiger partial charge in [0.1, 0.15) is 0 Å². The van der Waals surface area contributed by atoms with Gasteiger partial charge in [-0.1, -0.05) is 37.6 Å². The highest BCUT2D eigenvalue weighted by Gasteiger charge is 2.10. The molecule has 0 aliphatic heterocycles. The van der Waals surface area contributed by atoms with E-state index in [1.165, 1.54) is 0 Å². The average Bonchev–Trinajstić information content (AvgIpc) is 2.49. The van der Waals surface area contributed by atoms with E-state index in [1.54, 1.807) is 24.3 Å². The van der Waals surface area contributed by atoms with Gasteiger partial charge >= 0.3 is 0 Å². The average molecular weight is 349 g/mol. The minimum atomic E-state index is -3.34. The first-order chi connectivity index (χ1) is 10.5. The van der Waals surface area contributed by atoms with E-state index >= 15 is 0 Å². The summed E-state index contributed by atoms with van der Waals surface area (Å²) in [6, 6.07) is 6.79. The molecular formula is C15H25ClN2O3S. The fourth-order valence-corrected chi connectivity index (χ4v) is 3.21. The second-order valence-corrected chi connectivity index (χ2v) is 7.16. The molecule has 0 aliphatic rings. The predicted octanol–water partition coefficient (Wildman–Crippen LogP) is 2.12. The molecule has 0 aliphatic carbocycles. The highest BCUT2D eigenvalue weighted by atomic mass is 35.5. The van der Waals surface area contributed by atoms with Crippen LogP contribution in [0.25, 0.3) is 0 Å². The molecule has 1 N–H and O–H groups in total. The molecule has 0 amide bonds. The maximum absolute atomic E-state index is 11.9. The fourth-order valence-electron chi connectivity index (χ4n) is 1.96. The standard InChI is InChI=1S/C15H25ClN2O3S/c1-3-18(4-2)10-12-21-11-9-17-22(19,20)13-14-5-7-15(16)8-6-14/h5-8,17H,3-4,9-13H2,1-2H3. The van der Waals surface area contributed by atoms with E-state index in [-0.39, 0.29) is 12.3 Å². The summed E-state index contributed by atoms with van der Waals surface area (Å²) in [4.78, 5) is 2.25. The molecule has 0 saturated carbocycles. The third-order valence-electron chi connectivity index (χ3n) is 3.28. The summed E-state index contributed by atoms with van der Waals surface area (Å²) in [6.07, 6.45) is 0. The minimum absolute atomic E-state index is 0.0520. The van der Waals surface area contributed by atoms with Gasteiger partial charge in [-0.05, 0) is 30.8 Å². The first kappa shape index (κ1) is 19.4. The zero-order valence-corrected chi connectivity index (χ0v) is 14.8. The quantitative estimate of drug-likeness (QED) is 0.622. The van der Waals surface area contributed by atoms with Crippen molar-refractivity contribution in [1.29, 1.82) is 0 Å². The van der Waals surface area contributed by atoms with Gasteiger partial charge in [0.05, 0.1) is 19.0 Å².